The molecular formula is C13H17N3O. The molecule has 0 radical (unpaired) electrons. The first-order valence-corrected chi connectivity index (χ1v) is 5.32. The largest absolute Gasteiger partial charge is 0.331 e. The van der Waals surface area contributed by atoms with Gasteiger partial charge in [-0.2, -0.15) is 0 Å². The Morgan fingerprint density at radius 1 is 1.47 bits per heavy atom. The number of carbonyl (C=O) groups excluding carboxylic acids is 1. The summed E-state index contributed by atoms with van der Waals surface area (Å²) in [7, 11) is 3.40. The summed E-state index contributed by atoms with van der Waals surface area (Å²) in [5.41, 5.74) is 7.98. The number of rotatable bonds is 1. The minimum atomic E-state index is -0.145. The Bertz CT molecular complexity index is 469. The van der Waals surface area contributed by atoms with E-state index in [1.807, 2.05) is 25.1 Å². The summed E-state index contributed by atoms with van der Waals surface area (Å²) in [5, 5.41) is 2.81. The molecule has 0 fully saturated rings. The first kappa shape index (κ1) is 13.1. The summed E-state index contributed by atoms with van der Waals surface area (Å²) in [4.78, 5) is 13.0. The molecule has 1 rings (SSSR count). The van der Waals surface area contributed by atoms with E-state index in [0.717, 1.165) is 16.8 Å². The van der Waals surface area contributed by atoms with Crippen LogP contribution in [0.2, 0.25) is 0 Å². The summed E-state index contributed by atoms with van der Waals surface area (Å²) in [6, 6.07) is 5.49. The number of aryl methyl sites for hydroxylation is 1. The van der Waals surface area contributed by atoms with Crippen LogP contribution in [0.3, 0.4) is 0 Å². The van der Waals surface area contributed by atoms with Crippen LogP contribution in [0.5, 0.6) is 0 Å². The van der Waals surface area contributed by atoms with Crippen molar-refractivity contribution in [3.05, 3.63) is 29.3 Å². The molecule has 0 saturated heterocycles. The molecule has 0 aliphatic carbocycles. The maximum atomic E-state index is 11.5. The van der Waals surface area contributed by atoms with Crippen LogP contribution >= 0.6 is 0 Å². The van der Waals surface area contributed by atoms with Gasteiger partial charge in [-0.05, 0) is 30.7 Å². The van der Waals surface area contributed by atoms with Crippen molar-refractivity contribution in [1.29, 1.82) is 0 Å². The maximum Gasteiger partial charge on any atom is 0.321 e. The first-order valence-electron chi connectivity index (χ1n) is 5.32. The third kappa shape index (κ3) is 3.82. The van der Waals surface area contributed by atoms with Crippen LogP contribution in [-0.4, -0.2) is 31.6 Å². The third-order valence-electron chi connectivity index (χ3n) is 2.21. The van der Waals surface area contributed by atoms with Gasteiger partial charge in [-0.15, -0.1) is 0 Å². The predicted octanol–water partition coefficient (Wildman–Crippen LogP) is 1.40. The fourth-order valence-electron chi connectivity index (χ4n) is 1.26. The van der Waals surface area contributed by atoms with Crippen molar-refractivity contribution in [1.82, 2.24) is 4.90 Å². The van der Waals surface area contributed by atoms with Crippen molar-refractivity contribution in [2.75, 3.05) is 26.0 Å². The molecule has 0 aliphatic heterocycles. The molecule has 0 heterocycles. The molecule has 17 heavy (non-hydrogen) atoms. The van der Waals surface area contributed by atoms with E-state index in [1.165, 1.54) is 4.90 Å². The summed E-state index contributed by atoms with van der Waals surface area (Å²) < 4.78 is 0. The van der Waals surface area contributed by atoms with Gasteiger partial charge in [-0.3, -0.25) is 0 Å². The smallest absolute Gasteiger partial charge is 0.321 e. The SMILES string of the molecule is Cc1cc(C#CCN)ccc1NC(=O)N(C)C. The number of nitrogens with zero attached hydrogens (tertiary/aromatic N) is 1. The molecule has 4 heteroatoms. The van der Waals surface area contributed by atoms with E-state index in [0.29, 0.717) is 6.54 Å². The topological polar surface area (TPSA) is 58.4 Å². The number of carbonyl (C=O) groups is 1. The van der Waals surface area contributed by atoms with Crippen LogP contribution in [0.1, 0.15) is 11.1 Å². The molecule has 0 spiro atoms. The molecule has 1 aromatic carbocycles. The molecule has 0 aliphatic rings. The molecule has 0 saturated carbocycles. The second kappa shape index (κ2) is 5.92. The standard InChI is InChI=1S/C13H17N3O/c1-10-9-11(5-4-8-14)6-7-12(10)15-13(17)16(2)3/h6-7,9H,8,14H2,1-3H3,(H,15,17). The maximum absolute atomic E-state index is 11.5. The zero-order valence-corrected chi connectivity index (χ0v) is 10.4. The van der Waals surface area contributed by atoms with E-state index >= 15 is 0 Å². The highest BCUT2D eigenvalue weighted by Gasteiger charge is 2.05. The molecule has 4 nitrogen and oxygen atoms in total. The van der Waals surface area contributed by atoms with Crippen LogP contribution in [0.25, 0.3) is 0 Å². The monoisotopic (exact) mass is 231 g/mol. The summed E-state index contributed by atoms with van der Waals surface area (Å²) in [6.45, 7) is 2.27. The summed E-state index contributed by atoms with van der Waals surface area (Å²) in [6.07, 6.45) is 0. The van der Waals surface area contributed by atoms with Gasteiger partial charge in [0, 0.05) is 25.3 Å². The average Bonchev–Trinajstić information content (AvgIpc) is 2.29. The number of urea groups is 1. The van der Waals surface area contributed by atoms with Crippen LogP contribution in [0.15, 0.2) is 18.2 Å². The molecule has 0 bridgehead atoms. The fraction of sp³-hybridized carbons (Fsp3) is 0.308. The molecule has 0 atom stereocenters. The Labute approximate surface area is 102 Å². The fourth-order valence-corrected chi connectivity index (χ4v) is 1.26. The Balaban J connectivity index is 2.87. The number of hydrogen-bond donors (Lipinski definition) is 2. The Morgan fingerprint density at radius 2 is 2.18 bits per heavy atom. The van der Waals surface area contributed by atoms with Crippen molar-refractivity contribution in [3.63, 3.8) is 0 Å². The molecule has 1 aromatic rings. The van der Waals surface area contributed by atoms with Gasteiger partial charge < -0.3 is 16.0 Å². The molecule has 90 valence electrons. The van der Waals surface area contributed by atoms with Crippen molar-refractivity contribution < 1.29 is 4.79 Å². The van der Waals surface area contributed by atoms with Gasteiger partial charge in [0.15, 0.2) is 0 Å². The van der Waals surface area contributed by atoms with Crippen molar-refractivity contribution in [2.24, 2.45) is 5.73 Å². The zero-order valence-electron chi connectivity index (χ0n) is 10.4. The average molecular weight is 231 g/mol. The van der Waals surface area contributed by atoms with Crippen molar-refractivity contribution >= 4 is 11.7 Å². The van der Waals surface area contributed by atoms with E-state index in [2.05, 4.69) is 17.2 Å². The summed E-state index contributed by atoms with van der Waals surface area (Å²) in [5.74, 6) is 5.74. The van der Waals surface area contributed by atoms with Gasteiger partial charge in [0.25, 0.3) is 0 Å². The van der Waals surface area contributed by atoms with Gasteiger partial charge in [0.05, 0.1) is 6.54 Å². The zero-order chi connectivity index (χ0) is 12.8. The molecule has 3 N–H and O–H groups in total. The van der Waals surface area contributed by atoms with Gasteiger partial charge in [-0.25, -0.2) is 4.79 Å². The third-order valence-corrected chi connectivity index (χ3v) is 2.21. The normalized spacial score (nSPS) is 9.18. The number of hydrogen-bond acceptors (Lipinski definition) is 2. The second-order valence-corrected chi connectivity index (χ2v) is 3.86. The first-order chi connectivity index (χ1) is 8.04. The Morgan fingerprint density at radius 3 is 2.71 bits per heavy atom. The van der Waals surface area contributed by atoms with Crippen LogP contribution < -0.4 is 11.1 Å². The van der Waals surface area contributed by atoms with E-state index < -0.39 is 0 Å². The number of anilines is 1. The molecular weight excluding hydrogens is 214 g/mol. The van der Waals surface area contributed by atoms with Gasteiger partial charge in [0.2, 0.25) is 0 Å². The highest BCUT2D eigenvalue weighted by molar-refractivity contribution is 5.89. The number of benzene rings is 1. The summed E-state index contributed by atoms with van der Waals surface area (Å²) >= 11 is 0. The van der Waals surface area contributed by atoms with Gasteiger partial charge in [0.1, 0.15) is 0 Å². The second-order valence-electron chi connectivity index (χ2n) is 3.86. The highest BCUT2D eigenvalue weighted by atomic mass is 16.2. The highest BCUT2D eigenvalue weighted by Crippen LogP contribution is 2.16. The molecule has 0 unspecified atom stereocenters. The number of nitrogens with one attached hydrogen (secondary N) is 1. The minimum absolute atomic E-state index is 0.145. The van der Waals surface area contributed by atoms with Crippen molar-refractivity contribution in [2.45, 2.75) is 6.92 Å². The Hall–Kier alpha value is -1.99. The Kier molecular flexibility index (Phi) is 4.56. The quantitative estimate of drug-likeness (QED) is 0.718. The van der Waals surface area contributed by atoms with E-state index in [4.69, 9.17) is 5.73 Å². The predicted molar refractivity (Wildman–Crippen MR) is 69.8 cm³/mol. The lowest BCUT2D eigenvalue weighted by Gasteiger charge is -2.13. The lowest BCUT2D eigenvalue weighted by molar-refractivity contribution is 0.230. The number of nitrogens with two attached hydrogens (primary N) is 1. The van der Waals surface area contributed by atoms with E-state index in [-0.39, 0.29) is 6.03 Å². The van der Waals surface area contributed by atoms with E-state index in [9.17, 15) is 4.79 Å². The lowest BCUT2D eigenvalue weighted by atomic mass is 10.1. The lowest BCUT2D eigenvalue weighted by Crippen LogP contribution is -2.27. The molecule has 2 amide bonds. The molecule has 0 aromatic heterocycles. The number of amides is 2. The van der Waals surface area contributed by atoms with Crippen molar-refractivity contribution in [3.8, 4) is 11.8 Å². The van der Waals surface area contributed by atoms with E-state index in [1.54, 1.807) is 14.1 Å². The van der Waals surface area contributed by atoms with Gasteiger partial charge >= 0.3 is 6.03 Å². The van der Waals surface area contributed by atoms with Crippen LogP contribution in [0, 0.1) is 18.8 Å². The minimum Gasteiger partial charge on any atom is -0.331 e. The van der Waals surface area contributed by atoms with Crippen LogP contribution in [-0.2, 0) is 0 Å². The van der Waals surface area contributed by atoms with Gasteiger partial charge in [-0.1, -0.05) is 11.8 Å². The van der Waals surface area contributed by atoms with Crippen LogP contribution in [0.4, 0.5) is 10.5 Å².